The van der Waals surface area contributed by atoms with Crippen LogP contribution in [-0.4, -0.2) is 50.7 Å². The van der Waals surface area contributed by atoms with E-state index in [1.54, 1.807) is 11.3 Å². The molecule has 132 valence electrons. The summed E-state index contributed by atoms with van der Waals surface area (Å²) in [6, 6.07) is 8.32. The Balaban J connectivity index is 1.38. The maximum absolute atomic E-state index is 4.78. The third-order valence-corrected chi connectivity index (χ3v) is 5.92. The Morgan fingerprint density at radius 2 is 1.85 bits per heavy atom. The van der Waals surface area contributed by atoms with Gasteiger partial charge in [-0.1, -0.05) is 30.4 Å². The molecule has 4 aromatic rings. The van der Waals surface area contributed by atoms with Gasteiger partial charge in [0.05, 0.1) is 10.2 Å². The van der Waals surface area contributed by atoms with Crippen molar-refractivity contribution < 1.29 is 0 Å². The van der Waals surface area contributed by atoms with Crippen LogP contribution in [0.15, 0.2) is 36.7 Å². The smallest absolute Gasteiger partial charge is 0.203 e. The summed E-state index contributed by atoms with van der Waals surface area (Å²) in [5.41, 5.74) is 1.93. The molecule has 4 heterocycles. The summed E-state index contributed by atoms with van der Waals surface area (Å²) >= 11 is 1.76. The van der Waals surface area contributed by atoms with E-state index in [-0.39, 0.29) is 0 Å². The zero-order chi connectivity index (χ0) is 17.5. The zero-order valence-electron chi connectivity index (χ0n) is 14.5. The number of fused-ring (bicyclic) bond motifs is 2. The maximum atomic E-state index is 4.78. The summed E-state index contributed by atoms with van der Waals surface area (Å²) < 4.78 is 3.29. The van der Waals surface area contributed by atoms with Crippen LogP contribution < -0.4 is 9.80 Å². The molecule has 1 aliphatic rings. The van der Waals surface area contributed by atoms with E-state index in [2.05, 4.69) is 50.1 Å². The van der Waals surface area contributed by atoms with Crippen molar-refractivity contribution in [3.8, 4) is 0 Å². The topological polar surface area (TPSA) is 62.5 Å². The molecule has 1 aromatic carbocycles. The number of nitrogens with zero attached hydrogens (tertiary/aromatic N) is 7. The first-order chi connectivity index (χ1) is 12.8. The molecule has 0 unspecified atom stereocenters. The second kappa shape index (κ2) is 6.21. The van der Waals surface area contributed by atoms with E-state index in [9.17, 15) is 0 Å². The molecule has 0 aliphatic carbocycles. The molecule has 0 atom stereocenters. The average Bonchev–Trinajstić information content (AvgIpc) is 3.31. The Hall–Kier alpha value is -2.74. The lowest BCUT2D eigenvalue weighted by molar-refractivity contribution is 0.646. The van der Waals surface area contributed by atoms with Crippen LogP contribution in [0.1, 0.15) is 12.7 Å². The van der Waals surface area contributed by atoms with Gasteiger partial charge in [-0.25, -0.2) is 9.97 Å². The number of para-hydroxylation sites is 1. The molecule has 0 spiro atoms. The van der Waals surface area contributed by atoms with Gasteiger partial charge in [-0.05, 0) is 12.1 Å². The minimum absolute atomic E-state index is 0.845. The molecule has 8 heteroatoms. The third-order valence-electron chi connectivity index (χ3n) is 4.83. The molecular formula is C18H19N7S. The number of hydrogen-bond acceptors (Lipinski definition) is 7. The van der Waals surface area contributed by atoms with Gasteiger partial charge >= 0.3 is 0 Å². The van der Waals surface area contributed by atoms with Crippen molar-refractivity contribution >= 4 is 38.2 Å². The highest BCUT2D eigenvalue weighted by atomic mass is 32.1. The molecule has 0 amide bonds. The van der Waals surface area contributed by atoms with Gasteiger partial charge < -0.3 is 9.80 Å². The number of anilines is 2. The Morgan fingerprint density at radius 1 is 1.04 bits per heavy atom. The number of piperazine rings is 1. The van der Waals surface area contributed by atoms with E-state index in [0.717, 1.165) is 60.5 Å². The monoisotopic (exact) mass is 365 g/mol. The number of aromatic nitrogens is 5. The molecule has 5 rings (SSSR count). The molecule has 1 fully saturated rings. The van der Waals surface area contributed by atoms with Gasteiger partial charge in [-0.15, -0.1) is 10.2 Å². The number of rotatable bonds is 3. The maximum Gasteiger partial charge on any atom is 0.203 e. The van der Waals surface area contributed by atoms with E-state index in [4.69, 9.17) is 4.98 Å². The Morgan fingerprint density at radius 3 is 2.65 bits per heavy atom. The number of benzene rings is 1. The van der Waals surface area contributed by atoms with E-state index in [0.29, 0.717) is 0 Å². The Kier molecular flexibility index (Phi) is 3.70. The van der Waals surface area contributed by atoms with Crippen LogP contribution in [0, 0.1) is 0 Å². The predicted octanol–water partition coefficient (Wildman–Crippen LogP) is 2.62. The van der Waals surface area contributed by atoms with Crippen molar-refractivity contribution in [3.63, 3.8) is 0 Å². The first-order valence-corrected chi connectivity index (χ1v) is 9.69. The first kappa shape index (κ1) is 15.5. The van der Waals surface area contributed by atoms with Crippen LogP contribution in [0.5, 0.6) is 0 Å². The van der Waals surface area contributed by atoms with E-state index >= 15 is 0 Å². The number of hydrogen-bond donors (Lipinski definition) is 0. The molecule has 3 aromatic heterocycles. The van der Waals surface area contributed by atoms with Crippen molar-refractivity contribution in [2.24, 2.45) is 0 Å². The van der Waals surface area contributed by atoms with Crippen molar-refractivity contribution in [2.75, 3.05) is 36.0 Å². The third kappa shape index (κ3) is 2.48. The van der Waals surface area contributed by atoms with E-state index in [1.165, 1.54) is 4.70 Å². The SMILES string of the molecule is CCc1nnc2c(N3CCN(c4nc5ccccc5s4)CC3)nccn12. The quantitative estimate of drug-likeness (QED) is 0.556. The second-order valence-corrected chi connectivity index (χ2v) is 7.36. The lowest BCUT2D eigenvalue weighted by Crippen LogP contribution is -2.47. The fraction of sp³-hybridized carbons (Fsp3) is 0.333. The molecule has 0 N–H and O–H groups in total. The summed E-state index contributed by atoms with van der Waals surface area (Å²) in [7, 11) is 0. The molecule has 0 radical (unpaired) electrons. The molecular weight excluding hydrogens is 346 g/mol. The Labute approximate surface area is 154 Å². The van der Waals surface area contributed by atoms with Gasteiger partial charge in [0, 0.05) is 45.0 Å². The van der Waals surface area contributed by atoms with Crippen molar-refractivity contribution in [3.05, 3.63) is 42.5 Å². The highest BCUT2D eigenvalue weighted by molar-refractivity contribution is 7.22. The van der Waals surface area contributed by atoms with Crippen LogP contribution in [-0.2, 0) is 6.42 Å². The second-order valence-electron chi connectivity index (χ2n) is 6.35. The highest BCUT2D eigenvalue weighted by Crippen LogP contribution is 2.30. The van der Waals surface area contributed by atoms with Gasteiger partial charge in [-0.2, -0.15) is 0 Å². The lowest BCUT2D eigenvalue weighted by Gasteiger charge is -2.35. The van der Waals surface area contributed by atoms with E-state index in [1.807, 2.05) is 22.9 Å². The highest BCUT2D eigenvalue weighted by Gasteiger charge is 2.23. The molecule has 26 heavy (non-hydrogen) atoms. The fourth-order valence-electron chi connectivity index (χ4n) is 3.43. The Bertz CT molecular complexity index is 1030. The average molecular weight is 365 g/mol. The van der Waals surface area contributed by atoms with Crippen LogP contribution in [0.2, 0.25) is 0 Å². The van der Waals surface area contributed by atoms with Crippen LogP contribution in [0.3, 0.4) is 0 Å². The summed E-state index contributed by atoms with van der Waals surface area (Å²) in [5, 5.41) is 9.74. The minimum Gasteiger partial charge on any atom is -0.350 e. The molecule has 1 aliphatic heterocycles. The van der Waals surface area contributed by atoms with Gasteiger partial charge in [0.15, 0.2) is 10.9 Å². The summed E-state index contributed by atoms with van der Waals surface area (Å²) in [6.45, 7) is 5.75. The molecule has 1 saturated heterocycles. The minimum atomic E-state index is 0.845. The van der Waals surface area contributed by atoms with Crippen LogP contribution in [0.25, 0.3) is 15.9 Å². The summed E-state index contributed by atoms with van der Waals surface area (Å²) in [4.78, 5) is 14.0. The lowest BCUT2D eigenvalue weighted by atomic mass is 10.3. The van der Waals surface area contributed by atoms with Gasteiger partial charge in [-0.3, -0.25) is 4.40 Å². The predicted molar refractivity (Wildman–Crippen MR) is 104 cm³/mol. The van der Waals surface area contributed by atoms with Crippen molar-refractivity contribution in [1.29, 1.82) is 0 Å². The fourth-order valence-corrected chi connectivity index (χ4v) is 4.45. The molecule has 0 bridgehead atoms. The normalized spacial score (nSPS) is 15.3. The van der Waals surface area contributed by atoms with Gasteiger partial charge in [0.2, 0.25) is 5.65 Å². The van der Waals surface area contributed by atoms with Crippen molar-refractivity contribution in [2.45, 2.75) is 13.3 Å². The van der Waals surface area contributed by atoms with Gasteiger partial charge in [0.25, 0.3) is 0 Å². The molecule has 7 nitrogen and oxygen atoms in total. The number of aryl methyl sites for hydroxylation is 1. The summed E-state index contributed by atoms with van der Waals surface area (Å²) in [5.74, 6) is 1.89. The largest absolute Gasteiger partial charge is 0.350 e. The summed E-state index contributed by atoms with van der Waals surface area (Å²) in [6.07, 6.45) is 4.63. The first-order valence-electron chi connectivity index (χ1n) is 8.87. The zero-order valence-corrected chi connectivity index (χ0v) is 15.4. The van der Waals surface area contributed by atoms with E-state index < -0.39 is 0 Å². The molecule has 0 saturated carbocycles. The number of thiazole rings is 1. The van der Waals surface area contributed by atoms with Gasteiger partial charge in [0.1, 0.15) is 5.82 Å². The standard InChI is InChI=1S/C18H19N7S/c1-2-15-21-22-17-16(19-7-8-25(15)17)23-9-11-24(12-10-23)18-20-13-5-3-4-6-14(13)26-18/h3-8H,2,9-12H2,1H3. The van der Waals surface area contributed by atoms with Crippen LogP contribution >= 0.6 is 11.3 Å². The van der Waals surface area contributed by atoms with Crippen LogP contribution in [0.4, 0.5) is 10.9 Å². The van der Waals surface area contributed by atoms with Crippen molar-refractivity contribution in [1.82, 2.24) is 24.6 Å².